The molecule has 4 rings (SSSR count). The fraction of sp³-hybridized carbons (Fsp3) is 0.364. The summed E-state index contributed by atoms with van der Waals surface area (Å²) in [6.45, 7) is -0.216. The van der Waals surface area contributed by atoms with Crippen molar-refractivity contribution in [3.05, 3.63) is 60.3 Å². The number of carbonyl (C=O) groups excluding carboxylic acids is 1. The Morgan fingerprint density at radius 1 is 1.12 bits per heavy atom. The molecule has 0 aliphatic heterocycles. The molecule has 2 aromatic heterocycles. The first kappa shape index (κ1) is 22.6. The van der Waals surface area contributed by atoms with Crippen molar-refractivity contribution in [1.29, 1.82) is 0 Å². The summed E-state index contributed by atoms with van der Waals surface area (Å²) in [7, 11) is 0. The predicted molar refractivity (Wildman–Crippen MR) is 114 cm³/mol. The quantitative estimate of drug-likeness (QED) is 0.508. The SMILES string of the molecule is O=C(N[C@H]1CCC[C@@H]1COc1ccc(F)cc1)c1nc(NCC(F)F)ccc1-n1nccn1. The van der Waals surface area contributed by atoms with Crippen molar-refractivity contribution in [3.8, 4) is 11.4 Å². The second kappa shape index (κ2) is 10.3. The molecule has 1 aromatic carbocycles. The molecular weight excluding hydrogens is 437 g/mol. The van der Waals surface area contributed by atoms with Gasteiger partial charge in [-0.15, -0.1) is 4.80 Å². The zero-order chi connectivity index (χ0) is 23.2. The molecule has 11 heteroatoms. The van der Waals surface area contributed by atoms with Crippen LogP contribution in [0.3, 0.4) is 0 Å². The molecule has 0 unspecified atom stereocenters. The van der Waals surface area contributed by atoms with E-state index < -0.39 is 18.9 Å². The number of anilines is 1. The molecule has 0 radical (unpaired) electrons. The van der Waals surface area contributed by atoms with Crippen LogP contribution in [0, 0.1) is 11.7 Å². The minimum atomic E-state index is -2.56. The number of nitrogens with zero attached hydrogens (tertiary/aromatic N) is 4. The van der Waals surface area contributed by atoms with Gasteiger partial charge in [0.25, 0.3) is 12.3 Å². The molecule has 2 atom stereocenters. The number of pyridine rings is 1. The van der Waals surface area contributed by atoms with Crippen LogP contribution in [0.4, 0.5) is 19.0 Å². The Labute approximate surface area is 188 Å². The largest absolute Gasteiger partial charge is 0.493 e. The number of halogens is 3. The van der Waals surface area contributed by atoms with Crippen molar-refractivity contribution in [3.63, 3.8) is 0 Å². The van der Waals surface area contributed by atoms with Crippen LogP contribution < -0.4 is 15.4 Å². The van der Waals surface area contributed by atoms with E-state index in [0.717, 1.165) is 19.3 Å². The zero-order valence-corrected chi connectivity index (χ0v) is 17.6. The number of benzene rings is 1. The first-order chi connectivity index (χ1) is 16.0. The number of rotatable bonds is 9. The molecule has 1 fully saturated rings. The van der Waals surface area contributed by atoms with Gasteiger partial charge in [-0.05, 0) is 49.2 Å². The Hall–Kier alpha value is -3.63. The summed E-state index contributed by atoms with van der Waals surface area (Å²) < 4.78 is 44.0. The van der Waals surface area contributed by atoms with Gasteiger partial charge in [-0.3, -0.25) is 4.79 Å². The van der Waals surface area contributed by atoms with Crippen molar-refractivity contribution in [2.45, 2.75) is 31.7 Å². The van der Waals surface area contributed by atoms with Crippen LogP contribution in [0.5, 0.6) is 5.75 Å². The number of hydrogen-bond acceptors (Lipinski definition) is 6. The lowest BCUT2D eigenvalue weighted by Gasteiger charge is -2.22. The van der Waals surface area contributed by atoms with E-state index in [2.05, 4.69) is 25.8 Å². The second-order valence-electron chi connectivity index (χ2n) is 7.69. The van der Waals surface area contributed by atoms with Gasteiger partial charge in [0.2, 0.25) is 0 Å². The average Bonchev–Trinajstić information content (AvgIpc) is 3.49. The summed E-state index contributed by atoms with van der Waals surface area (Å²) in [6, 6.07) is 8.66. The van der Waals surface area contributed by atoms with Gasteiger partial charge in [0.15, 0.2) is 5.69 Å². The maximum Gasteiger partial charge on any atom is 0.272 e. The Morgan fingerprint density at radius 2 is 1.88 bits per heavy atom. The van der Waals surface area contributed by atoms with Gasteiger partial charge in [-0.25, -0.2) is 18.2 Å². The van der Waals surface area contributed by atoms with Crippen LogP contribution in [0.25, 0.3) is 5.69 Å². The average molecular weight is 460 g/mol. The van der Waals surface area contributed by atoms with Gasteiger partial charge in [-0.2, -0.15) is 10.2 Å². The van der Waals surface area contributed by atoms with E-state index in [1.807, 2.05) is 0 Å². The maximum atomic E-state index is 13.2. The van der Waals surface area contributed by atoms with E-state index in [9.17, 15) is 18.0 Å². The zero-order valence-electron chi connectivity index (χ0n) is 17.6. The number of amides is 1. The molecule has 1 saturated carbocycles. The van der Waals surface area contributed by atoms with E-state index in [1.165, 1.54) is 35.4 Å². The molecule has 0 spiro atoms. The Balaban J connectivity index is 1.47. The lowest BCUT2D eigenvalue weighted by molar-refractivity contribution is 0.0913. The van der Waals surface area contributed by atoms with Gasteiger partial charge >= 0.3 is 0 Å². The van der Waals surface area contributed by atoms with Crippen molar-refractivity contribution < 1.29 is 22.7 Å². The molecule has 174 valence electrons. The summed E-state index contributed by atoms with van der Waals surface area (Å²) in [5.41, 5.74) is 0.354. The van der Waals surface area contributed by atoms with Gasteiger partial charge in [0.1, 0.15) is 23.1 Å². The van der Waals surface area contributed by atoms with Gasteiger partial charge in [-0.1, -0.05) is 6.42 Å². The molecule has 0 bridgehead atoms. The van der Waals surface area contributed by atoms with Crippen LogP contribution in [-0.4, -0.2) is 51.5 Å². The predicted octanol–water partition coefficient (Wildman–Crippen LogP) is 3.46. The monoisotopic (exact) mass is 460 g/mol. The third kappa shape index (κ3) is 5.79. The molecule has 2 N–H and O–H groups in total. The number of alkyl halides is 2. The lowest BCUT2D eigenvalue weighted by atomic mass is 10.0. The fourth-order valence-corrected chi connectivity index (χ4v) is 3.80. The summed E-state index contributed by atoms with van der Waals surface area (Å²) in [5, 5.41) is 13.6. The molecule has 1 amide bonds. The third-order valence-corrected chi connectivity index (χ3v) is 5.41. The number of hydrogen-bond donors (Lipinski definition) is 2. The van der Waals surface area contributed by atoms with E-state index >= 15 is 0 Å². The van der Waals surface area contributed by atoms with E-state index in [4.69, 9.17) is 4.74 Å². The first-order valence-corrected chi connectivity index (χ1v) is 10.6. The first-order valence-electron chi connectivity index (χ1n) is 10.6. The van der Waals surface area contributed by atoms with E-state index in [0.29, 0.717) is 18.0 Å². The molecule has 3 aromatic rings. The highest BCUT2D eigenvalue weighted by atomic mass is 19.3. The van der Waals surface area contributed by atoms with Crippen LogP contribution in [0.15, 0.2) is 48.8 Å². The van der Waals surface area contributed by atoms with Crippen molar-refractivity contribution >= 4 is 11.7 Å². The number of carbonyl (C=O) groups is 1. The van der Waals surface area contributed by atoms with Crippen molar-refractivity contribution in [2.24, 2.45) is 5.92 Å². The van der Waals surface area contributed by atoms with E-state index in [1.54, 1.807) is 18.2 Å². The minimum absolute atomic E-state index is 0.0237. The fourth-order valence-electron chi connectivity index (χ4n) is 3.80. The van der Waals surface area contributed by atoms with Crippen LogP contribution >= 0.6 is 0 Å². The van der Waals surface area contributed by atoms with Crippen molar-refractivity contribution in [1.82, 2.24) is 25.3 Å². The van der Waals surface area contributed by atoms with Gasteiger partial charge < -0.3 is 15.4 Å². The van der Waals surface area contributed by atoms with Gasteiger partial charge in [0.05, 0.1) is 25.5 Å². The van der Waals surface area contributed by atoms with E-state index in [-0.39, 0.29) is 29.3 Å². The Bertz CT molecular complexity index is 1060. The normalized spacial score (nSPS) is 17.8. The molecule has 1 aliphatic rings. The smallest absolute Gasteiger partial charge is 0.272 e. The number of nitrogens with one attached hydrogen (secondary N) is 2. The molecule has 2 heterocycles. The minimum Gasteiger partial charge on any atom is -0.493 e. The second-order valence-corrected chi connectivity index (χ2v) is 7.69. The summed E-state index contributed by atoms with van der Waals surface area (Å²) in [4.78, 5) is 18.7. The summed E-state index contributed by atoms with van der Waals surface area (Å²) in [6.07, 6.45) is 2.91. The van der Waals surface area contributed by atoms with Crippen LogP contribution in [0.2, 0.25) is 0 Å². The molecule has 8 nitrogen and oxygen atoms in total. The Morgan fingerprint density at radius 3 is 2.61 bits per heavy atom. The van der Waals surface area contributed by atoms with Crippen molar-refractivity contribution in [2.75, 3.05) is 18.5 Å². The highest BCUT2D eigenvalue weighted by molar-refractivity contribution is 5.96. The highest BCUT2D eigenvalue weighted by Crippen LogP contribution is 2.27. The van der Waals surface area contributed by atoms with Crippen LogP contribution in [-0.2, 0) is 0 Å². The number of aromatic nitrogens is 4. The molecule has 1 aliphatic carbocycles. The Kier molecular flexibility index (Phi) is 7.06. The standard InChI is InChI=1S/C22H23F3N6O2/c23-15-4-6-16(7-5-15)33-13-14-2-1-3-17(14)29-22(32)21-18(31-27-10-11-28-31)8-9-20(30-21)26-12-19(24)25/h4-11,14,17,19H,1-3,12-13H2,(H,26,30)(H,29,32)/t14-,17+/m1/s1. The molecule has 0 saturated heterocycles. The number of ether oxygens (including phenoxy) is 1. The topological polar surface area (TPSA) is 94.0 Å². The molecule has 33 heavy (non-hydrogen) atoms. The highest BCUT2D eigenvalue weighted by Gasteiger charge is 2.31. The lowest BCUT2D eigenvalue weighted by Crippen LogP contribution is -2.40. The van der Waals surface area contributed by atoms with Gasteiger partial charge in [0, 0.05) is 12.0 Å². The molecular formula is C22H23F3N6O2. The summed E-state index contributed by atoms with van der Waals surface area (Å²) in [5.74, 6) is -0.0282. The maximum absolute atomic E-state index is 13.2. The summed E-state index contributed by atoms with van der Waals surface area (Å²) >= 11 is 0. The third-order valence-electron chi connectivity index (χ3n) is 5.41. The van der Waals surface area contributed by atoms with Crippen LogP contribution in [0.1, 0.15) is 29.8 Å².